The molecule has 80 valence electrons. The Kier molecular flexibility index (Phi) is 2.77. The van der Waals surface area contributed by atoms with Gasteiger partial charge < -0.3 is 4.52 Å². The Morgan fingerprint density at radius 1 is 1.53 bits per heavy atom. The summed E-state index contributed by atoms with van der Waals surface area (Å²) in [5, 5.41) is 8.15. The first kappa shape index (κ1) is 10.2. The third-order valence-corrected chi connectivity index (χ3v) is 2.60. The van der Waals surface area contributed by atoms with Gasteiger partial charge >= 0.3 is 0 Å². The van der Waals surface area contributed by atoms with E-state index in [9.17, 15) is 0 Å². The summed E-state index contributed by atoms with van der Waals surface area (Å²) >= 11 is 5.62. The molecule has 2 aromatic heterocycles. The van der Waals surface area contributed by atoms with Crippen LogP contribution in [0.5, 0.6) is 0 Å². The molecule has 0 saturated heterocycles. The zero-order chi connectivity index (χ0) is 10.8. The highest BCUT2D eigenvalue weighted by Crippen LogP contribution is 2.22. The minimum absolute atomic E-state index is 0.542. The molecule has 4 nitrogen and oxygen atoms in total. The molecule has 0 atom stereocenters. The molecule has 15 heavy (non-hydrogen) atoms. The highest BCUT2D eigenvalue weighted by atomic mass is 35.5. The van der Waals surface area contributed by atoms with Crippen LogP contribution in [0.1, 0.15) is 11.5 Å². The van der Waals surface area contributed by atoms with Crippen LogP contribution in [0.15, 0.2) is 16.8 Å². The lowest BCUT2D eigenvalue weighted by molar-refractivity contribution is 0.389. The van der Waals surface area contributed by atoms with Crippen molar-refractivity contribution in [1.82, 2.24) is 14.9 Å². The SMILES string of the molecule is Cc1c(-c2cc(CCCl)on2)cnn1C. The van der Waals surface area contributed by atoms with E-state index in [0.717, 1.165) is 22.7 Å². The van der Waals surface area contributed by atoms with Gasteiger partial charge in [-0.15, -0.1) is 11.6 Å². The smallest absolute Gasteiger partial charge is 0.138 e. The van der Waals surface area contributed by atoms with Crippen LogP contribution in [0.2, 0.25) is 0 Å². The summed E-state index contributed by atoms with van der Waals surface area (Å²) in [5.74, 6) is 1.35. The molecule has 0 aliphatic carbocycles. The number of aryl methyl sites for hydroxylation is 2. The Hall–Kier alpha value is -1.29. The Labute approximate surface area is 92.8 Å². The number of rotatable bonds is 3. The van der Waals surface area contributed by atoms with E-state index in [2.05, 4.69) is 10.3 Å². The molecule has 2 heterocycles. The lowest BCUT2D eigenvalue weighted by atomic mass is 10.2. The zero-order valence-electron chi connectivity index (χ0n) is 8.70. The number of hydrogen-bond donors (Lipinski definition) is 0. The van der Waals surface area contributed by atoms with Crippen molar-refractivity contribution in [3.63, 3.8) is 0 Å². The van der Waals surface area contributed by atoms with Crippen molar-refractivity contribution in [2.75, 3.05) is 5.88 Å². The molecule has 0 N–H and O–H groups in total. The van der Waals surface area contributed by atoms with Crippen LogP contribution in [0.3, 0.4) is 0 Å². The van der Waals surface area contributed by atoms with Crippen molar-refractivity contribution < 1.29 is 4.52 Å². The predicted molar refractivity (Wildman–Crippen MR) is 57.9 cm³/mol. The third-order valence-electron chi connectivity index (χ3n) is 2.41. The Bertz CT molecular complexity index is 461. The van der Waals surface area contributed by atoms with Crippen LogP contribution < -0.4 is 0 Å². The van der Waals surface area contributed by atoms with Gasteiger partial charge in [-0.1, -0.05) is 5.16 Å². The van der Waals surface area contributed by atoms with E-state index in [1.54, 1.807) is 6.20 Å². The maximum Gasteiger partial charge on any atom is 0.138 e. The van der Waals surface area contributed by atoms with Crippen LogP contribution in [0.25, 0.3) is 11.3 Å². The minimum Gasteiger partial charge on any atom is -0.361 e. The van der Waals surface area contributed by atoms with Crippen molar-refractivity contribution in [3.8, 4) is 11.3 Å². The van der Waals surface area contributed by atoms with Gasteiger partial charge in [0.2, 0.25) is 0 Å². The second kappa shape index (κ2) is 4.06. The van der Waals surface area contributed by atoms with Crippen molar-refractivity contribution in [1.29, 1.82) is 0 Å². The van der Waals surface area contributed by atoms with E-state index < -0.39 is 0 Å². The molecule has 0 aromatic carbocycles. The topological polar surface area (TPSA) is 43.9 Å². The van der Waals surface area contributed by atoms with E-state index in [0.29, 0.717) is 12.3 Å². The molecule has 0 saturated carbocycles. The second-order valence-corrected chi connectivity index (χ2v) is 3.76. The van der Waals surface area contributed by atoms with Crippen LogP contribution in [0, 0.1) is 6.92 Å². The fourth-order valence-corrected chi connectivity index (χ4v) is 1.59. The van der Waals surface area contributed by atoms with E-state index in [1.165, 1.54) is 0 Å². The predicted octanol–water partition coefficient (Wildman–Crippen LogP) is 2.16. The molecular formula is C10H12ClN3O. The summed E-state index contributed by atoms with van der Waals surface area (Å²) in [4.78, 5) is 0. The molecule has 0 aliphatic rings. The molecule has 2 rings (SSSR count). The van der Waals surface area contributed by atoms with Crippen LogP contribution >= 0.6 is 11.6 Å². The second-order valence-electron chi connectivity index (χ2n) is 3.38. The van der Waals surface area contributed by atoms with Crippen molar-refractivity contribution in [2.24, 2.45) is 7.05 Å². The molecule has 0 radical (unpaired) electrons. The highest BCUT2D eigenvalue weighted by Gasteiger charge is 2.11. The first-order valence-electron chi connectivity index (χ1n) is 4.73. The van der Waals surface area contributed by atoms with E-state index in [1.807, 2.05) is 24.7 Å². The molecule has 0 bridgehead atoms. The molecule has 5 heteroatoms. The van der Waals surface area contributed by atoms with Crippen LogP contribution in [-0.2, 0) is 13.5 Å². The number of aromatic nitrogens is 3. The van der Waals surface area contributed by atoms with Gasteiger partial charge in [0.15, 0.2) is 0 Å². The molecular weight excluding hydrogens is 214 g/mol. The van der Waals surface area contributed by atoms with Crippen molar-refractivity contribution >= 4 is 11.6 Å². The summed E-state index contributed by atoms with van der Waals surface area (Å²) in [6.45, 7) is 2.00. The fraction of sp³-hybridized carbons (Fsp3) is 0.400. The average Bonchev–Trinajstić information content (AvgIpc) is 2.77. The van der Waals surface area contributed by atoms with Gasteiger partial charge in [-0.25, -0.2) is 0 Å². The van der Waals surface area contributed by atoms with Crippen molar-refractivity contribution in [3.05, 3.63) is 23.7 Å². The van der Waals surface area contributed by atoms with Crippen LogP contribution in [-0.4, -0.2) is 20.8 Å². The van der Waals surface area contributed by atoms with Crippen molar-refractivity contribution in [2.45, 2.75) is 13.3 Å². The third kappa shape index (κ3) is 1.90. The van der Waals surface area contributed by atoms with Gasteiger partial charge in [-0.2, -0.15) is 5.10 Å². The average molecular weight is 226 g/mol. The Morgan fingerprint density at radius 2 is 2.33 bits per heavy atom. The first-order valence-corrected chi connectivity index (χ1v) is 5.26. The standard InChI is InChI=1S/C10H12ClN3O/c1-7-9(6-12-14(7)2)10-5-8(3-4-11)15-13-10/h5-6H,3-4H2,1-2H3. The number of halogens is 1. The number of alkyl halides is 1. The molecule has 0 aliphatic heterocycles. The van der Waals surface area contributed by atoms with Gasteiger partial charge in [0.1, 0.15) is 11.5 Å². The summed E-state index contributed by atoms with van der Waals surface area (Å²) in [6, 6.07) is 1.91. The van der Waals surface area contributed by atoms with Gasteiger partial charge in [0, 0.05) is 36.7 Å². The lowest BCUT2D eigenvalue weighted by Gasteiger charge is -1.94. The number of nitrogens with zero attached hydrogens (tertiary/aromatic N) is 3. The maximum atomic E-state index is 5.62. The molecule has 0 fully saturated rings. The molecule has 0 unspecified atom stereocenters. The van der Waals surface area contributed by atoms with E-state index in [-0.39, 0.29) is 0 Å². The summed E-state index contributed by atoms with van der Waals surface area (Å²) < 4.78 is 6.96. The summed E-state index contributed by atoms with van der Waals surface area (Å²) in [7, 11) is 1.90. The number of hydrogen-bond acceptors (Lipinski definition) is 3. The summed E-state index contributed by atoms with van der Waals surface area (Å²) in [6.07, 6.45) is 2.49. The largest absolute Gasteiger partial charge is 0.361 e. The van der Waals surface area contributed by atoms with Gasteiger partial charge in [0.05, 0.1) is 6.20 Å². The van der Waals surface area contributed by atoms with Crippen LogP contribution in [0.4, 0.5) is 0 Å². The first-order chi connectivity index (χ1) is 7.22. The minimum atomic E-state index is 0.542. The Balaban J connectivity index is 2.33. The normalized spacial score (nSPS) is 10.9. The van der Waals surface area contributed by atoms with Gasteiger partial charge in [0.25, 0.3) is 0 Å². The molecule has 0 amide bonds. The zero-order valence-corrected chi connectivity index (χ0v) is 9.45. The van der Waals surface area contributed by atoms with E-state index in [4.69, 9.17) is 16.1 Å². The Morgan fingerprint density at radius 3 is 2.93 bits per heavy atom. The maximum absolute atomic E-state index is 5.62. The van der Waals surface area contributed by atoms with Gasteiger partial charge in [-0.3, -0.25) is 4.68 Å². The van der Waals surface area contributed by atoms with Gasteiger partial charge in [-0.05, 0) is 6.92 Å². The summed E-state index contributed by atoms with van der Waals surface area (Å²) in [5.41, 5.74) is 2.89. The van der Waals surface area contributed by atoms with E-state index >= 15 is 0 Å². The quantitative estimate of drug-likeness (QED) is 0.752. The molecule has 0 spiro atoms. The highest BCUT2D eigenvalue weighted by molar-refractivity contribution is 6.17. The fourth-order valence-electron chi connectivity index (χ4n) is 1.40. The lowest BCUT2D eigenvalue weighted by Crippen LogP contribution is -1.92. The monoisotopic (exact) mass is 225 g/mol. The molecule has 2 aromatic rings.